The molecule has 0 unspecified atom stereocenters. The van der Waals surface area contributed by atoms with Crippen LogP contribution in [0, 0.1) is 12.7 Å². The molecular weight excluding hydrogens is 413 g/mol. The number of amides is 2. The van der Waals surface area contributed by atoms with Gasteiger partial charge in [-0.05, 0) is 67.1 Å². The molecule has 2 aromatic carbocycles. The first-order valence-electron chi connectivity index (χ1n) is 9.64. The van der Waals surface area contributed by atoms with Gasteiger partial charge >= 0.3 is 0 Å². The van der Waals surface area contributed by atoms with Crippen molar-refractivity contribution in [2.45, 2.75) is 6.92 Å². The maximum atomic E-state index is 13.0. The zero-order valence-corrected chi connectivity index (χ0v) is 17.0. The topological polar surface area (TPSA) is 93.5 Å². The third-order valence-electron chi connectivity index (χ3n) is 4.52. The number of benzene rings is 2. The number of carbonyl (C=O) groups excluding carboxylic acids is 2. The molecule has 0 aliphatic carbocycles. The van der Waals surface area contributed by atoms with E-state index < -0.39 is 5.91 Å². The maximum absolute atomic E-state index is 13.0. The molecule has 32 heavy (non-hydrogen) atoms. The van der Waals surface area contributed by atoms with Crippen LogP contribution in [0.2, 0.25) is 0 Å². The summed E-state index contributed by atoms with van der Waals surface area (Å²) in [6.45, 7) is 1.82. The number of rotatable bonds is 6. The van der Waals surface area contributed by atoms with Crippen molar-refractivity contribution < 1.29 is 23.1 Å². The van der Waals surface area contributed by atoms with Crippen molar-refractivity contribution in [2.24, 2.45) is 0 Å². The molecule has 0 fully saturated rings. The van der Waals surface area contributed by atoms with Crippen molar-refractivity contribution in [3.05, 3.63) is 102 Å². The standard InChI is InChI=1S/C24H18FN3O4/c1-15-4-5-16(13-20(15)28-24(30)21-3-2-12-31-21)23(29)27-18-8-11-22(26-14-18)32-19-9-6-17(25)7-10-19/h2-14H,1H3,(H,27,29)(H,28,30). The number of aromatic nitrogens is 1. The molecule has 0 aliphatic rings. The summed E-state index contributed by atoms with van der Waals surface area (Å²) in [5.74, 6) is -0.215. The van der Waals surface area contributed by atoms with E-state index in [1.807, 2.05) is 6.92 Å². The molecular formula is C24H18FN3O4. The van der Waals surface area contributed by atoms with Gasteiger partial charge in [0.25, 0.3) is 11.8 Å². The van der Waals surface area contributed by atoms with Crippen LogP contribution in [0.1, 0.15) is 26.5 Å². The van der Waals surface area contributed by atoms with Gasteiger partial charge < -0.3 is 19.8 Å². The highest BCUT2D eigenvalue weighted by molar-refractivity contribution is 6.07. The van der Waals surface area contributed by atoms with E-state index in [1.165, 1.54) is 36.7 Å². The van der Waals surface area contributed by atoms with E-state index in [1.54, 1.807) is 42.5 Å². The van der Waals surface area contributed by atoms with Crippen LogP contribution in [0.25, 0.3) is 0 Å². The summed E-state index contributed by atoms with van der Waals surface area (Å²) in [5.41, 5.74) is 2.12. The van der Waals surface area contributed by atoms with Crippen LogP contribution in [0.4, 0.5) is 15.8 Å². The van der Waals surface area contributed by atoms with Crippen LogP contribution in [0.3, 0.4) is 0 Å². The quantitative estimate of drug-likeness (QED) is 0.425. The lowest BCUT2D eigenvalue weighted by atomic mass is 10.1. The summed E-state index contributed by atoms with van der Waals surface area (Å²) in [4.78, 5) is 29.0. The van der Waals surface area contributed by atoms with Gasteiger partial charge in [0.2, 0.25) is 5.88 Å². The molecule has 0 saturated carbocycles. The SMILES string of the molecule is Cc1ccc(C(=O)Nc2ccc(Oc3ccc(F)cc3)nc2)cc1NC(=O)c1ccco1. The molecule has 0 spiro atoms. The highest BCUT2D eigenvalue weighted by Crippen LogP contribution is 2.22. The molecule has 2 N–H and O–H groups in total. The van der Waals surface area contributed by atoms with Gasteiger partial charge in [-0.25, -0.2) is 9.37 Å². The van der Waals surface area contributed by atoms with Crippen LogP contribution in [-0.4, -0.2) is 16.8 Å². The number of hydrogen-bond acceptors (Lipinski definition) is 5. The van der Waals surface area contributed by atoms with Gasteiger partial charge in [0, 0.05) is 17.3 Å². The minimum atomic E-state index is -0.406. The number of hydrogen-bond donors (Lipinski definition) is 2. The second-order valence-electron chi connectivity index (χ2n) is 6.86. The van der Waals surface area contributed by atoms with Crippen LogP contribution in [0.5, 0.6) is 11.6 Å². The molecule has 0 bridgehead atoms. The number of nitrogens with one attached hydrogen (secondary N) is 2. The van der Waals surface area contributed by atoms with E-state index in [-0.39, 0.29) is 17.5 Å². The Hall–Kier alpha value is -4.46. The lowest BCUT2D eigenvalue weighted by Gasteiger charge is -2.11. The summed E-state index contributed by atoms with van der Waals surface area (Å²) in [5, 5.41) is 5.49. The lowest BCUT2D eigenvalue weighted by Crippen LogP contribution is -2.15. The first kappa shape index (κ1) is 20.8. The Morgan fingerprint density at radius 2 is 1.78 bits per heavy atom. The van der Waals surface area contributed by atoms with Gasteiger partial charge in [0.05, 0.1) is 18.1 Å². The average Bonchev–Trinajstić information content (AvgIpc) is 3.33. The van der Waals surface area contributed by atoms with Crippen molar-refractivity contribution in [1.82, 2.24) is 4.98 Å². The fraction of sp³-hybridized carbons (Fsp3) is 0.0417. The Morgan fingerprint density at radius 3 is 2.47 bits per heavy atom. The number of furan rings is 1. The highest BCUT2D eigenvalue weighted by Gasteiger charge is 2.13. The van der Waals surface area contributed by atoms with Crippen molar-refractivity contribution in [1.29, 1.82) is 0 Å². The highest BCUT2D eigenvalue weighted by atomic mass is 19.1. The predicted molar refractivity (Wildman–Crippen MR) is 117 cm³/mol. The number of anilines is 2. The van der Waals surface area contributed by atoms with E-state index in [2.05, 4.69) is 15.6 Å². The van der Waals surface area contributed by atoms with Crippen LogP contribution < -0.4 is 15.4 Å². The van der Waals surface area contributed by atoms with E-state index in [9.17, 15) is 14.0 Å². The monoisotopic (exact) mass is 431 g/mol. The second-order valence-corrected chi connectivity index (χ2v) is 6.86. The Bertz CT molecular complexity index is 1240. The summed E-state index contributed by atoms with van der Waals surface area (Å²) in [6, 6.07) is 16.9. The molecule has 2 amide bonds. The van der Waals surface area contributed by atoms with E-state index >= 15 is 0 Å². The minimum absolute atomic E-state index is 0.174. The molecule has 2 heterocycles. The Balaban J connectivity index is 1.42. The Kier molecular flexibility index (Phi) is 5.94. The van der Waals surface area contributed by atoms with Gasteiger partial charge in [0.1, 0.15) is 11.6 Å². The molecule has 160 valence electrons. The molecule has 4 aromatic rings. The molecule has 2 aromatic heterocycles. The fourth-order valence-electron chi connectivity index (χ4n) is 2.83. The van der Waals surface area contributed by atoms with Gasteiger partial charge in [0.15, 0.2) is 5.76 Å². The Morgan fingerprint density at radius 1 is 0.969 bits per heavy atom. The number of pyridine rings is 1. The van der Waals surface area contributed by atoms with E-state index in [0.29, 0.717) is 28.6 Å². The lowest BCUT2D eigenvalue weighted by molar-refractivity contribution is 0.0993. The summed E-state index contributed by atoms with van der Waals surface area (Å²) >= 11 is 0. The number of ether oxygens (including phenoxy) is 1. The maximum Gasteiger partial charge on any atom is 0.291 e. The van der Waals surface area contributed by atoms with Gasteiger partial charge in [-0.3, -0.25) is 9.59 Å². The van der Waals surface area contributed by atoms with Crippen molar-refractivity contribution in [2.75, 3.05) is 10.6 Å². The molecule has 0 saturated heterocycles. The zero-order chi connectivity index (χ0) is 22.5. The van der Waals surface area contributed by atoms with Crippen molar-refractivity contribution >= 4 is 23.2 Å². The summed E-state index contributed by atoms with van der Waals surface area (Å²) < 4.78 is 23.6. The van der Waals surface area contributed by atoms with Gasteiger partial charge in [-0.1, -0.05) is 6.07 Å². The molecule has 4 rings (SSSR count). The molecule has 8 heteroatoms. The summed E-state index contributed by atoms with van der Waals surface area (Å²) in [6.07, 6.45) is 2.86. The van der Waals surface area contributed by atoms with E-state index in [4.69, 9.17) is 9.15 Å². The number of carbonyl (C=O) groups is 2. The molecule has 7 nitrogen and oxygen atoms in total. The molecule has 0 radical (unpaired) electrons. The van der Waals surface area contributed by atoms with Crippen molar-refractivity contribution in [3.63, 3.8) is 0 Å². The Labute approximate surface area is 182 Å². The third kappa shape index (κ3) is 4.99. The van der Waals surface area contributed by atoms with Crippen LogP contribution >= 0.6 is 0 Å². The fourth-order valence-corrected chi connectivity index (χ4v) is 2.83. The number of aryl methyl sites for hydroxylation is 1. The zero-order valence-electron chi connectivity index (χ0n) is 17.0. The molecule has 0 atom stereocenters. The average molecular weight is 431 g/mol. The predicted octanol–water partition coefficient (Wildman–Crippen LogP) is 5.42. The normalized spacial score (nSPS) is 10.4. The van der Waals surface area contributed by atoms with Crippen molar-refractivity contribution in [3.8, 4) is 11.6 Å². The second kappa shape index (κ2) is 9.13. The minimum Gasteiger partial charge on any atom is -0.459 e. The third-order valence-corrected chi connectivity index (χ3v) is 4.52. The van der Waals surface area contributed by atoms with Crippen LogP contribution in [0.15, 0.2) is 83.6 Å². The number of nitrogens with zero attached hydrogens (tertiary/aromatic N) is 1. The molecule has 0 aliphatic heterocycles. The first-order valence-corrected chi connectivity index (χ1v) is 9.64. The largest absolute Gasteiger partial charge is 0.459 e. The number of halogens is 1. The smallest absolute Gasteiger partial charge is 0.291 e. The van der Waals surface area contributed by atoms with Crippen LogP contribution in [-0.2, 0) is 0 Å². The van der Waals surface area contributed by atoms with Gasteiger partial charge in [-0.15, -0.1) is 0 Å². The first-order chi connectivity index (χ1) is 15.5. The summed E-state index contributed by atoms with van der Waals surface area (Å²) in [7, 11) is 0. The van der Waals surface area contributed by atoms with Gasteiger partial charge in [-0.2, -0.15) is 0 Å². The van der Waals surface area contributed by atoms with E-state index in [0.717, 1.165) is 5.56 Å².